The fraction of sp³-hybridized carbons (Fsp3) is 0.375. The minimum atomic E-state index is -0.0538. The first-order chi connectivity index (χ1) is 10.8. The molecule has 0 N–H and O–H groups in total. The van der Waals surface area contributed by atoms with Gasteiger partial charge >= 0.3 is 5.69 Å². The van der Waals surface area contributed by atoms with E-state index in [0.29, 0.717) is 18.2 Å². The first-order valence-electron chi connectivity index (χ1n) is 7.63. The Kier molecular flexibility index (Phi) is 3.56. The largest absolute Gasteiger partial charge is 0.350 e. The second-order valence-corrected chi connectivity index (χ2v) is 6.47. The van der Waals surface area contributed by atoms with Crippen molar-refractivity contribution in [1.29, 1.82) is 0 Å². The highest BCUT2D eigenvalue weighted by molar-refractivity contribution is 7.07. The van der Waals surface area contributed by atoms with Crippen LogP contribution in [0.3, 0.4) is 0 Å². The first kappa shape index (κ1) is 13.7. The van der Waals surface area contributed by atoms with Gasteiger partial charge in [0, 0.05) is 18.8 Å². The van der Waals surface area contributed by atoms with E-state index in [2.05, 4.69) is 26.8 Å². The maximum Gasteiger partial charge on any atom is 0.350 e. The van der Waals surface area contributed by atoms with Gasteiger partial charge in [-0.1, -0.05) is 6.07 Å². The third-order valence-electron chi connectivity index (χ3n) is 4.38. The summed E-state index contributed by atoms with van der Waals surface area (Å²) in [5.41, 5.74) is 2.06. The van der Waals surface area contributed by atoms with Crippen LogP contribution in [-0.2, 0) is 6.54 Å². The van der Waals surface area contributed by atoms with Crippen LogP contribution in [0.4, 0.5) is 0 Å². The molecule has 0 bridgehead atoms. The molecule has 0 spiro atoms. The number of hydrogen-bond acceptors (Lipinski definition) is 4. The topological polar surface area (TPSA) is 42.5 Å². The standard InChI is InChI=1S/C16H18N4OS/c21-16-19-8-2-1-5-15(19)17-20(16)10-9-18-7-3-4-14(18)13-6-11-22-12-13/h1-2,5-6,8,11-12,14H,3-4,7,9-10H2/t14-/m0/s1. The second kappa shape index (κ2) is 5.70. The van der Waals surface area contributed by atoms with Gasteiger partial charge in [0.1, 0.15) is 0 Å². The zero-order chi connectivity index (χ0) is 14.9. The average Bonchev–Trinajstić information content (AvgIpc) is 3.25. The van der Waals surface area contributed by atoms with Crippen LogP contribution in [0, 0.1) is 0 Å². The zero-order valence-corrected chi connectivity index (χ0v) is 13.1. The van der Waals surface area contributed by atoms with E-state index in [-0.39, 0.29) is 5.69 Å². The Morgan fingerprint density at radius 1 is 1.27 bits per heavy atom. The molecule has 1 atom stereocenters. The highest BCUT2D eigenvalue weighted by Crippen LogP contribution is 2.32. The third-order valence-corrected chi connectivity index (χ3v) is 5.08. The van der Waals surface area contributed by atoms with Gasteiger partial charge in [-0.25, -0.2) is 9.48 Å². The molecule has 4 rings (SSSR count). The van der Waals surface area contributed by atoms with E-state index in [1.54, 1.807) is 26.6 Å². The monoisotopic (exact) mass is 314 g/mol. The van der Waals surface area contributed by atoms with Crippen LogP contribution in [0.15, 0.2) is 46.0 Å². The molecule has 0 radical (unpaired) electrons. The van der Waals surface area contributed by atoms with Crippen molar-refractivity contribution in [2.45, 2.75) is 25.4 Å². The minimum absolute atomic E-state index is 0.0538. The molecule has 3 aromatic rings. The molecule has 4 heterocycles. The van der Waals surface area contributed by atoms with E-state index in [1.165, 1.54) is 18.4 Å². The van der Waals surface area contributed by atoms with E-state index in [1.807, 2.05) is 18.2 Å². The van der Waals surface area contributed by atoms with Crippen LogP contribution in [0.1, 0.15) is 24.4 Å². The van der Waals surface area contributed by atoms with Gasteiger partial charge in [0.05, 0.1) is 6.54 Å². The Morgan fingerprint density at radius 3 is 3.05 bits per heavy atom. The maximum absolute atomic E-state index is 12.3. The quantitative estimate of drug-likeness (QED) is 0.742. The molecule has 0 aliphatic carbocycles. The molecule has 114 valence electrons. The van der Waals surface area contributed by atoms with Crippen molar-refractivity contribution >= 4 is 17.0 Å². The van der Waals surface area contributed by atoms with Crippen LogP contribution in [0.2, 0.25) is 0 Å². The minimum Gasteiger partial charge on any atom is -0.294 e. The molecule has 0 aromatic carbocycles. The molecule has 3 aromatic heterocycles. The molecule has 1 aliphatic heterocycles. The number of aromatic nitrogens is 3. The summed E-state index contributed by atoms with van der Waals surface area (Å²) < 4.78 is 3.18. The van der Waals surface area contributed by atoms with Gasteiger partial charge in [0.2, 0.25) is 0 Å². The fourth-order valence-corrected chi connectivity index (χ4v) is 3.98. The lowest BCUT2D eigenvalue weighted by Gasteiger charge is -2.23. The number of likely N-dealkylation sites (tertiary alicyclic amines) is 1. The fourth-order valence-electron chi connectivity index (χ4n) is 3.27. The van der Waals surface area contributed by atoms with E-state index in [0.717, 1.165) is 13.1 Å². The Bertz CT molecular complexity index is 820. The smallest absolute Gasteiger partial charge is 0.294 e. The normalized spacial score (nSPS) is 19.2. The number of thiophene rings is 1. The predicted molar refractivity (Wildman–Crippen MR) is 87.3 cm³/mol. The number of pyridine rings is 1. The first-order valence-corrected chi connectivity index (χ1v) is 8.57. The lowest BCUT2D eigenvalue weighted by Crippen LogP contribution is -2.31. The van der Waals surface area contributed by atoms with Gasteiger partial charge < -0.3 is 0 Å². The molecule has 5 nitrogen and oxygen atoms in total. The van der Waals surface area contributed by atoms with Crippen LogP contribution in [0.25, 0.3) is 5.65 Å². The van der Waals surface area contributed by atoms with Gasteiger partial charge in [0.25, 0.3) is 0 Å². The van der Waals surface area contributed by atoms with Gasteiger partial charge in [-0.3, -0.25) is 9.30 Å². The summed E-state index contributed by atoms with van der Waals surface area (Å²) in [6.07, 6.45) is 4.20. The van der Waals surface area contributed by atoms with Crippen LogP contribution < -0.4 is 5.69 Å². The Hall–Kier alpha value is -1.92. The summed E-state index contributed by atoms with van der Waals surface area (Å²) in [7, 11) is 0. The van der Waals surface area contributed by atoms with E-state index in [4.69, 9.17) is 0 Å². The van der Waals surface area contributed by atoms with Crippen molar-refractivity contribution < 1.29 is 0 Å². The molecule has 0 saturated carbocycles. The highest BCUT2D eigenvalue weighted by Gasteiger charge is 2.26. The molecule has 1 saturated heterocycles. The van der Waals surface area contributed by atoms with Gasteiger partial charge in [-0.15, -0.1) is 5.10 Å². The lowest BCUT2D eigenvalue weighted by atomic mass is 10.1. The number of rotatable bonds is 4. The summed E-state index contributed by atoms with van der Waals surface area (Å²) in [4.78, 5) is 14.8. The van der Waals surface area contributed by atoms with E-state index in [9.17, 15) is 4.79 Å². The van der Waals surface area contributed by atoms with Crippen LogP contribution in [-0.4, -0.2) is 32.2 Å². The van der Waals surface area contributed by atoms with Crippen molar-refractivity contribution in [3.05, 3.63) is 57.3 Å². The summed E-state index contributed by atoms with van der Waals surface area (Å²) >= 11 is 1.75. The highest BCUT2D eigenvalue weighted by atomic mass is 32.1. The molecule has 1 fully saturated rings. The van der Waals surface area contributed by atoms with Gasteiger partial charge in [-0.05, 0) is 53.9 Å². The molecular formula is C16H18N4OS. The Morgan fingerprint density at radius 2 is 2.23 bits per heavy atom. The third kappa shape index (κ3) is 2.38. The van der Waals surface area contributed by atoms with Crippen molar-refractivity contribution in [3.63, 3.8) is 0 Å². The summed E-state index contributed by atoms with van der Waals surface area (Å²) in [5.74, 6) is 0. The van der Waals surface area contributed by atoms with E-state index < -0.39 is 0 Å². The summed E-state index contributed by atoms with van der Waals surface area (Å²) in [6, 6.07) is 8.33. The molecule has 6 heteroatoms. The van der Waals surface area contributed by atoms with Gasteiger partial charge in [-0.2, -0.15) is 11.3 Å². The summed E-state index contributed by atoms with van der Waals surface area (Å²) in [6.45, 7) is 2.61. The molecule has 1 aliphatic rings. The molecule has 0 amide bonds. The Labute approximate surface area is 132 Å². The van der Waals surface area contributed by atoms with Crippen LogP contribution in [0.5, 0.6) is 0 Å². The molecular weight excluding hydrogens is 296 g/mol. The maximum atomic E-state index is 12.3. The molecule has 0 unspecified atom stereocenters. The van der Waals surface area contributed by atoms with E-state index >= 15 is 0 Å². The SMILES string of the molecule is O=c1n(CCN2CCC[C@H]2c2ccsc2)nc2ccccn12. The number of nitrogens with zero attached hydrogens (tertiary/aromatic N) is 4. The molecule has 22 heavy (non-hydrogen) atoms. The van der Waals surface area contributed by atoms with Gasteiger partial charge in [0.15, 0.2) is 5.65 Å². The zero-order valence-electron chi connectivity index (χ0n) is 12.3. The van der Waals surface area contributed by atoms with Crippen molar-refractivity contribution in [2.75, 3.05) is 13.1 Å². The number of hydrogen-bond donors (Lipinski definition) is 0. The Balaban J connectivity index is 1.52. The van der Waals surface area contributed by atoms with Crippen molar-refractivity contribution in [1.82, 2.24) is 19.1 Å². The van der Waals surface area contributed by atoms with Crippen molar-refractivity contribution in [3.8, 4) is 0 Å². The lowest BCUT2D eigenvalue weighted by molar-refractivity contribution is 0.242. The second-order valence-electron chi connectivity index (χ2n) is 5.69. The predicted octanol–water partition coefficient (Wildman–Crippen LogP) is 2.39. The number of fused-ring (bicyclic) bond motifs is 1. The van der Waals surface area contributed by atoms with Crippen LogP contribution >= 0.6 is 11.3 Å². The summed E-state index contributed by atoms with van der Waals surface area (Å²) in [5, 5.41) is 8.78. The average molecular weight is 314 g/mol. The van der Waals surface area contributed by atoms with Crippen molar-refractivity contribution in [2.24, 2.45) is 0 Å².